The second-order valence-corrected chi connectivity index (χ2v) is 4.70. The van der Waals surface area contributed by atoms with Crippen molar-refractivity contribution < 1.29 is 34.7 Å². The van der Waals surface area contributed by atoms with Gasteiger partial charge in [0, 0.05) is 5.92 Å². The Morgan fingerprint density at radius 1 is 0.952 bits per heavy atom. The Labute approximate surface area is 126 Å². The minimum atomic E-state index is -0.165. The van der Waals surface area contributed by atoms with Crippen molar-refractivity contribution in [1.82, 2.24) is 0 Å². The highest BCUT2D eigenvalue weighted by atomic mass is 17.7. The van der Waals surface area contributed by atoms with Crippen LogP contribution in [0, 0.1) is 5.92 Å². The molecule has 0 aromatic rings. The molecule has 0 N–H and O–H groups in total. The fourth-order valence-corrected chi connectivity index (χ4v) is 1.40. The van der Waals surface area contributed by atoms with Crippen LogP contribution in [0.4, 0.5) is 0 Å². The van der Waals surface area contributed by atoms with Crippen molar-refractivity contribution in [3.63, 3.8) is 0 Å². The fourth-order valence-electron chi connectivity index (χ4n) is 1.40. The highest BCUT2D eigenvalue weighted by molar-refractivity contribution is 4.86. The van der Waals surface area contributed by atoms with E-state index in [2.05, 4.69) is 38.4 Å². The maximum atomic E-state index is 4.80. The number of hydrogen-bond donors (Lipinski definition) is 0. The van der Waals surface area contributed by atoms with Gasteiger partial charge in [0.05, 0.1) is 20.3 Å². The summed E-state index contributed by atoms with van der Waals surface area (Å²) in [5.74, 6) is 0.177. The third-order valence-electron chi connectivity index (χ3n) is 2.78. The molecule has 21 heavy (non-hydrogen) atoms. The van der Waals surface area contributed by atoms with Gasteiger partial charge in [0.1, 0.15) is 5.76 Å². The van der Waals surface area contributed by atoms with Crippen LogP contribution in [-0.2, 0) is 34.7 Å². The Bertz CT molecular complexity index is 235. The zero-order valence-corrected chi connectivity index (χ0v) is 13.3. The van der Waals surface area contributed by atoms with E-state index in [1.54, 1.807) is 0 Å². The van der Waals surface area contributed by atoms with E-state index < -0.39 is 0 Å². The summed E-state index contributed by atoms with van der Waals surface area (Å²) >= 11 is 0. The van der Waals surface area contributed by atoms with Crippen LogP contribution in [0.15, 0.2) is 12.3 Å². The zero-order valence-electron chi connectivity index (χ0n) is 13.3. The van der Waals surface area contributed by atoms with Gasteiger partial charge in [0.15, 0.2) is 0 Å². The summed E-state index contributed by atoms with van der Waals surface area (Å²) in [6.45, 7) is 8.28. The SMILES string of the molecule is C=C(OOOC)C(C)COOOOCCCCCCCC. The summed E-state index contributed by atoms with van der Waals surface area (Å²) in [6, 6.07) is 0. The van der Waals surface area contributed by atoms with Crippen molar-refractivity contribution in [3.05, 3.63) is 12.3 Å². The van der Waals surface area contributed by atoms with Gasteiger partial charge in [0.25, 0.3) is 0 Å². The smallest absolute Gasteiger partial charge is 0.143 e. The highest BCUT2D eigenvalue weighted by Gasteiger charge is 2.10. The average Bonchev–Trinajstić information content (AvgIpc) is 2.49. The van der Waals surface area contributed by atoms with Crippen molar-refractivity contribution >= 4 is 0 Å². The predicted octanol–water partition coefficient (Wildman–Crippen LogP) is 3.82. The van der Waals surface area contributed by atoms with Gasteiger partial charge in [-0.3, -0.25) is 0 Å². The second-order valence-electron chi connectivity index (χ2n) is 4.70. The molecule has 1 atom stereocenters. The van der Waals surface area contributed by atoms with Crippen LogP contribution in [0.1, 0.15) is 52.4 Å². The molecule has 126 valence electrons. The maximum absolute atomic E-state index is 4.80. The monoisotopic (exact) mass is 308 g/mol. The van der Waals surface area contributed by atoms with Crippen molar-refractivity contribution in [2.75, 3.05) is 20.3 Å². The molecule has 0 aliphatic heterocycles. The van der Waals surface area contributed by atoms with Gasteiger partial charge in [-0.1, -0.05) is 52.5 Å². The van der Waals surface area contributed by atoms with E-state index in [9.17, 15) is 0 Å². The first-order chi connectivity index (χ1) is 10.2. The van der Waals surface area contributed by atoms with E-state index >= 15 is 0 Å². The number of hydrogen-bond acceptors (Lipinski definition) is 7. The predicted molar refractivity (Wildman–Crippen MR) is 74.9 cm³/mol. The molecule has 0 saturated heterocycles. The van der Waals surface area contributed by atoms with Crippen molar-refractivity contribution in [1.29, 1.82) is 0 Å². The molecule has 0 aliphatic rings. The van der Waals surface area contributed by atoms with Crippen molar-refractivity contribution in [3.8, 4) is 0 Å². The summed E-state index contributed by atoms with van der Waals surface area (Å²) in [4.78, 5) is 18.5. The van der Waals surface area contributed by atoms with E-state index in [0.717, 1.165) is 12.8 Å². The van der Waals surface area contributed by atoms with E-state index in [0.29, 0.717) is 12.4 Å². The third-order valence-corrected chi connectivity index (χ3v) is 2.78. The van der Waals surface area contributed by atoms with Crippen LogP contribution in [0.25, 0.3) is 0 Å². The summed E-state index contributed by atoms with van der Waals surface area (Å²) in [7, 11) is 1.33. The maximum Gasteiger partial charge on any atom is 0.143 e. The molecule has 0 rings (SSSR count). The normalized spacial score (nSPS) is 12.3. The number of unbranched alkanes of at least 4 members (excludes halogenated alkanes) is 5. The molecule has 0 aromatic heterocycles. The first kappa shape index (κ1) is 20.3. The summed E-state index contributed by atoms with van der Waals surface area (Å²) in [5.41, 5.74) is 0. The molecule has 0 aromatic carbocycles. The first-order valence-corrected chi connectivity index (χ1v) is 7.36. The molecular weight excluding hydrogens is 280 g/mol. The average molecular weight is 308 g/mol. The molecule has 0 amide bonds. The van der Waals surface area contributed by atoms with Crippen molar-refractivity contribution in [2.24, 2.45) is 5.92 Å². The first-order valence-electron chi connectivity index (χ1n) is 7.36. The summed E-state index contributed by atoms with van der Waals surface area (Å²) < 4.78 is 0. The Balaban J connectivity index is 3.22. The Hall–Kier alpha value is -0.700. The lowest BCUT2D eigenvalue weighted by Crippen LogP contribution is -2.11. The molecule has 0 fully saturated rings. The van der Waals surface area contributed by atoms with Gasteiger partial charge in [-0.15, -0.1) is 0 Å². The zero-order chi connectivity index (χ0) is 15.8. The van der Waals surface area contributed by atoms with E-state index in [1.807, 2.05) is 6.92 Å². The van der Waals surface area contributed by atoms with Gasteiger partial charge >= 0.3 is 0 Å². The summed E-state index contributed by atoms with van der Waals surface area (Å²) in [5, 5.41) is 13.1. The van der Waals surface area contributed by atoms with Crippen LogP contribution in [-0.4, -0.2) is 20.3 Å². The van der Waals surface area contributed by atoms with E-state index in [4.69, 9.17) is 9.78 Å². The van der Waals surface area contributed by atoms with E-state index in [1.165, 1.54) is 32.8 Å². The quantitative estimate of drug-likeness (QED) is 0.186. The minimum Gasteiger partial charge on any atom is -0.313 e. The molecule has 1 unspecified atom stereocenters. The summed E-state index contributed by atoms with van der Waals surface area (Å²) in [6.07, 6.45) is 7.08. The van der Waals surface area contributed by atoms with Crippen LogP contribution in [0.2, 0.25) is 0 Å². The lowest BCUT2D eigenvalue weighted by molar-refractivity contribution is -0.635. The lowest BCUT2D eigenvalue weighted by atomic mass is 10.1. The molecule has 0 spiro atoms. The topological polar surface area (TPSA) is 64.6 Å². The highest BCUT2D eigenvalue weighted by Crippen LogP contribution is 2.11. The molecule has 7 nitrogen and oxygen atoms in total. The standard InChI is InChI=1S/C14H28O7/c1-5-6-7-8-9-10-11-16-20-21-17-12-13(2)14(3)18-19-15-4/h13H,3,5-12H2,1-2,4H3. The van der Waals surface area contributed by atoms with Crippen molar-refractivity contribution in [2.45, 2.75) is 52.4 Å². The molecular formula is C14H28O7. The molecule has 7 heteroatoms. The van der Waals surface area contributed by atoms with Gasteiger partial charge in [-0.2, -0.15) is 4.89 Å². The van der Waals surface area contributed by atoms with Crippen LogP contribution in [0.5, 0.6) is 0 Å². The Morgan fingerprint density at radius 2 is 1.62 bits per heavy atom. The molecule has 0 saturated carbocycles. The Morgan fingerprint density at radius 3 is 2.33 bits per heavy atom. The van der Waals surface area contributed by atoms with E-state index in [-0.39, 0.29) is 12.5 Å². The second kappa shape index (κ2) is 15.7. The molecule has 0 bridgehead atoms. The number of rotatable bonds is 16. The van der Waals surface area contributed by atoms with Gasteiger partial charge in [-0.25, -0.2) is 9.78 Å². The molecule has 0 aliphatic carbocycles. The molecule has 0 heterocycles. The third kappa shape index (κ3) is 14.0. The lowest BCUT2D eigenvalue weighted by Gasteiger charge is -2.11. The fraction of sp³-hybridized carbons (Fsp3) is 0.857. The van der Waals surface area contributed by atoms with Crippen LogP contribution >= 0.6 is 0 Å². The Kier molecular flexibility index (Phi) is 15.2. The largest absolute Gasteiger partial charge is 0.313 e. The van der Waals surface area contributed by atoms with Gasteiger partial charge in [-0.05, 0) is 21.5 Å². The minimum absolute atomic E-state index is 0.165. The van der Waals surface area contributed by atoms with Crippen LogP contribution in [0.3, 0.4) is 0 Å². The van der Waals surface area contributed by atoms with Gasteiger partial charge < -0.3 is 4.89 Å². The molecule has 0 radical (unpaired) electrons. The van der Waals surface area contributed by atoms with Gasteiger partial charge in [0.2, 0.25) is 0 Å². The van der Waals surface area contributed by atoms with Crippen LogP contribution < -0.4 is 0 Å².